The average molecular weight is 341 g/mol. The standard InChI is InChI=1S/C14H14F3N5O2/c1-2-12(23)19-11-7-22(21-20-11)8-13(24)18-10-6-4-3-5-9(10)14(15,16)17/h3-7H,2,8H2,1H3,(H,18,24)(H,19,23). The fraction of sp³-hybridized carbons (Fsp3) is 0.286. The molecule has 0 bridgehead atoms. The molecule has 2 amide bonds. The molecule has 2 aromatic rings. The summed E-state index contributed by atoms with van der Waals surface area (Å²) in [6.45, 7) is 1.31. The first-order valence-electron chi connectivity index (χ1n) is 6.95. The molecule has 0 radical (unpaired) electrons. The highest BCUT2D eigenvalue weighted by Gasteiger charge is 2.33. The lowest BCUT2D eigenvalue weighted by Crippen LogP contribution is -2.21. The number of anilines is 2. The van der Waals surface area contributed by atoms with E-state index in [1.807, 2.05) is 0 Å². The average Bonchev–Trinajstić information content (AvgIpc) is 2.93. The number of halogens is 3. The summed E-state index contributed by atoms with van der Waals surface area (Å²) >= 11 is 0. The molecule has 128 valence electrons. The Labute approximate surface area is 134 Å². The number of carbonyl (C=O) groups is 2. The van der Waals surface area contributed by atoms with Crippen LogP contribution in [0.2, 0.25) is 0 Å². The predicted molar refractivity (Wildman–Crippen MR) is 79.0 cm³/mol. The van der Waals surface area contributed by atoms with E-state index in [9.17, 15) is 22.8 Å². The lowest BCUT2D eigenvalue weighted by Gasteiger charge is -2.13. The minimum Gasteiger partial charge on any atom is -0.324 e. The molecule has 0 aliphatic heterocycles. The van der Waals surface area contributed by atoms with Crippen molar-refractivity contribution in [3.63, 3.8) is 0 Å². The maximum atomic E-state index is 12.9. The highest BCUT2D eigenvalue weighted by atomic mass is 19.4. The first kappa shape index (κ1) is 17.4. The Bertz CT molecular complexity index is 742. The summed E-state index contributed by atoms with van der Waals surface area (Å²) in [4.78, 5) is 23.1. The van der Waals surface area contributed by atoms with Gasteiger partial charge in [0.15, 0.2) is 5.82 Å². The van der Waals surface area contributed by atoms with Gasteiger partial charge in [0, 0.05) is 6.42 Å². The van der Waals surface area contributed by atoms with Gasteiger partial charge in [-0.3, -0.25) is 9.59 Å². The van der Waals surface area contributed by atoms with E-state index in [1.165, 1.54) is 18.3 Å². The zero-order valence-corrected chi connectivity index (χ0v) is 12.6. The van der Waals surface area contributed by atoms with Crippen LogP contribution in [0.3, 0.4) is 0 Å². The van der Waals surface area contributed by atoms with E-state index in [2.05, 4.69) is 20.9 Å². The van der Waals surface area contributed by atoms with E-state index in [0.29, 0.717) is 0 Å². The molecule has 0 fully saturated rings. The molecule has 0 aliphatic rings. The lowest BCUT2D eigenvalue weighted by atomic mass is 10.1. The third-order valence-corrected chi connectivity index (χ3v) is 2.94. The van der Waals surface area contributed by atoms with Crippen LogP contribution in [0.15, 0.2) is 30.5 Å². The number of benzene rings is 1. The largest absolute Gasteiger partial charge is 0.418 e. The summed E-state index contributed by atoms with van der Waals surface area (Å²) in [7, 11) is 0. The monoisotopic (exact) mass is 341 g/mol. The third kappa shape index (κ3) is 4.54. The van der Waals surface area contributed by atoms with E-state index in [4.69, 9.17) is 0 Å². The van der Waals surface area contributed by atoms with Crippen molar-refractivity contribution in [2.75, 3.05) is 10.6 Å². The van der Waals surface area contributed by atoms with Gasteiger partial charge < -0.3 is 10.6 Å². The van der Waals surface area contributed by atoms with Crippen molar-refractivity contribution in [2.24, 2.45) is 0 Å². The summed E-state index contributed by atoms with van der Waals surface area (Å²) in [6, 6.07) is 4.66. The van der Waals surface area contributed by atoms with Gasteiger partial charge in [0.25, 0.3) is 0 Å². The Kier molecular flexibility index (Phi) is 5.17. The number of aromatic nitrogens is 3. The maximum absolute atomic E-state index is 12.9. The van der Waals surface area contributed by atoms with E-state index >= 15 is 0 Å². The van der Waals surface area contributed by atoms with Crippen molar-refractivity contribution in [1.82, 2.24) is 15.0 Å². The van der Waals surface area contributed by atoms with Crippen molar-refractivity contribution in [3.8, 4) is 0 Å². The zero-order valence-electron chi connectivity index (χ0n) is 12.6. The number of nitrogens with one attached hydrogen (secondary N) is 2. The van der Waals surface area contributed by atoms with Crippen LogP contribution >= 0.6 is 0 Å². The second-order valence-electron chi connectivity index (χ2n) is 4.79. The molecule has 24 heavy (non-hydrogen) atoms. The van der Waals surface area contributed by atoms with Gasteiger partial charge in [-0.1, -0.05) is 24.3 Å². The summed E-state index contributed by atoms with van der Waals surface area (Å²) < 4.78 is 39.7. The minimum atomic E-state index is -4.57. The van der Waals surface area contributed by atoms with Crippen LogP contribution in [0.25, 0.3) is 0 Å². The van der Waals surface area contributed by atoms with Gasteiger partial charge in [-0.25, -0.2) is 4.68 Å². The maximum Gasteiger partial charge on any atom is 0.418 e. The Hall–Kier alpha value is -2.91. The van der Waals surface area contributed by atoms with Gasteiger partial charge in [-0.05, 0) is 12.1 Å². The molecule has 2 rings (SSSR count). The van der Waals surface area contributed by atoms with Crippen LogP contribution in [0.1, 0.15) is 18.9 Å². The molecule has 2 N–H and O–H groups in total. The highest BCUT2D eigenvalue weighted by Crippen LogP contribution is 2.34. The number of hydrogen-bond acceptors (Lipinski definition) is 4. The molecular weight excluding hydrogens is 327 g/mol. The topological polar surface area (TPSA) is 88.9 Å². The molecule has 0 spiro atoms. The van der Waals surface area contributed by atoms with Gasteiger partial charge in [-0.2, -0.15) is 13.2 Å². The van der Waals surface area contributed by atoms with E-state index in [-0.39, 0.29) is 30.4 Å². The second-order valence-corrected chi connectivity index (χ2v) is 4.79. The van der Waals surface area contributed by atoms with Gasteiger partial charge in [0.05, 0.1) is 17.4 Å². The summed E-state index contributed by atoms with van der Waals surface area (Å²) in [5.41, 5.74) is -1.28. The number of alkyl halides is 3. The molecule has 1 aromatic carbocycles. The summed E-state index contributed by atoms with van der Waals surface area (Å²) in [6.07, 6.45) is -3.01. The smallest absolute Gasteiger partial charge is 0.324 e. The SMILES string of the molecule is CCC(=O)Nc1cn(CC(=O)Nc2ccccc2C(F)(F)F)nn1. The molecule has 1 aromatic heterocycles. The Morgan fingerprint density at radius 2 is 1.88 bits per heavy atom. The first-order valence-corrected chi connectivity index (χ1v) is 6.95. The van der Waals surface area contributed by atoms with Crippen molar-refractivity contribution in [1.29, 1.82) is 0 Å². The molecule has 0 saturated carbocycles. The predicted octanol–water partition coefficient (Wildman–Crippen LogP) is 2.28. The fourth-order valence-corrected chi connectivity index (χ4v) is 1.84. The Balaban J connectivity index is 2.03. The van der Waals surface area contributed by atoms with Crippen LogP contribution in [-0.4, -0.2) is 26.8 Å². The van der Waals surface area contributed by atoms with Gasteiger partial charge in [-0.15, -0.1) is 5.10 Å². The summed E-state index contributed by atoms with van der Waals surface area (Å²) in [5.74, 6) is -0.819. The first-order chi connectivity index (χ1) is 11.3. The quantitative estimate of drug-likeness (QED) is 0.873. The number of hydrogen-bond donors (Lipinski definition) is 2. The van der Waals surface area contributed by atoms with Gasteiger partial charge in [0.2, 0.25) is 11.8 Å². The molecule has 0 saturated heterocycles. The fourth-order valence-electron chi connectivity index (χ4n) is 1.84. The number of rotatable bonds is 5. The molecule has 1 heterocycles. The third-order valence-electron chi connectivity index (χ3n) is 2.94. The molecule has 0 aliphatic carbocycles. The van der Waals surface area contributed by atoms with Crippen LogP contribution in [0.4, 0.5) is 24.7 Å². The Morgan fingerprint density at radius 3 is 2.54 bits per heavy atom. The Morgan fingerprint density at radius 1 is 1.17 bits per heavy atom. The molecule has 0 unspecified atom stereocenters. The minimum absolute atomic E-state index is 0.158. The zero-order chi connectivity index (χ0) is 17.7. The second kappa shape index (κ2) is 7.11. The van der Waals surface area contributed by atoms with Gasteiger partial charge >= 0.3 is 6.18 Å². The van der Waals surface area contributed by atoms with E-state index in [0.717, 1.165) is 16.8 Å². The summed E-state index contributed by atoms with van der Waals surface area (Å²) in [5, 5.41) is 11.9. The number of carbonyl (C=O) groups excluding carboxylic acids is 2. The van der Waals surface area contributed by atoms with Crippen molar-refractivity contribution in [2.45, 2.75) is 26.1 Å². The van der Waals surface area contributed by atoms with Gasteiger partial charge in [0.1, 0.15) is 6.54 Å². The van der Waals surface area contributed by atoms with Crippen molar-refractivity contribution < 1.29 is 22.8 Å². The van der Waals surface area contributed by atoms with E-state index in [1.54, 1.807) is 6.92 Å². The van der Waals surface area contributed by atoms with Crippen LogP contribution in [0, 0.1) is 0 Å². The van der Waals surface area contributed by atoms with E-state index < -0.39 is 17.6 Å². The normalized spacial score (nSPS) is 11.2. The molecule has 0 atom stereocenters. The number of nitrogens with zero attached hydrogens (tertiary/aromatic N) is 3. The van der Waals surface area contributed by atoms with Crippen LogP contribution in [0.5, 0.6) is 0 Å². The van der Waals surface area contributed by atoms with Crippen LogP contribution in [-0.2, 0) is 22.3 Å². The van der Waals surface area contributed by atoms with Crippen molar-refractivity contribution >= 4 is 23.3 Å². The molecule has 10 heteroatoms. The van der Waals surface area contributed by atoms with Crippen molar-refractivity contribution in [3.05, 3.63) is 36.0 Å². The van der Waals surface area contributed by atoms with Crippen LogP contribution < -0.4 is 10.6 Å². The number of para-hydroxylation sites is 1. The molecular formula is C14H14F3N5O2. The lowest BCUT2D eigenvalue weighted by molar-refractivity contribution is -0.137. The number of amides is 2. The molecule has 7 nitrogen and oxygen atoms in total. The highest BCUT2D eigenvalue weighted by molar-refractivity contribution is 5.91.